The lowest BCUT2D eigenvalue weighted by molar-refractivity contribution is 0.0697. The van der Waals surface area contributed by atoms with Crippen molar-refractivity contribution in [1.82, 2.24) is 34.7 Å². The summed E-state index contributed by atoms with van der Waals surface area (Å²) in [6, 6.07) is 6.05. The zero-order valence-corrected chi connectivity index (χ0v) is 17.2. The fraction of sp³-hybridized carbons (Fsp3) is 0.318. The van der Waals surface area contributed by atoms with Gasteiger partial charge in [0.15, 0.2) is 5.65 Å². The summed E-state index contributed by atoms with van der Waals surface area (Å²) < 4.78 is 8.79. The summed E-state index contributed by atoms with van der Waals surface area (Å²) in [6.45, 7) is 1.35. The van der Waals surface area contributed by atoms with Crippen LogP contribution in [-0.2, 0) is 18.2 Å². The standard InChI is InChI=1S/C22H23N7O2/c1-28-13-17(11-25-28)20-3-2-15(10-23-20)8-16-9-19(21-24-14-26-29(21)12-16)22(30)27-18-4-6-31-7-5-18/h2-3,9-14,18H,4-8H2,1H3,(H,27,30). The van der Waals surface area contributed by atoms with Gasteiger partial charge in [0.05, 0.1) is 17.5 Å². The predicted octanol–water partition coefficient (Wildman–Crippen LogP) is 2.02. The first-order valence-corrected chi connectivity index (χ1v) is 10.3. The molecule has 1 aliphatic heterocycles. The Bertz CT molecular complexity index is 1210. The van der Waals surface area contributed by atoms with Crippen LogP contribution in [0, 0.1) is 0 Å². The third-order valence-corrected chi connectivity index (χ3v) is 5.47. The monoisotopic (exact) mass is 417 g/mol. The summed E-state index contributed by atoms with van der Waals surface area (Å²) in [7, 11) is 1.88. The molecule has 5 rings (SSSR count). The molecule has 0 spiro atoms. The summed E-state index contributed by atoms with van der Waals surface area (Å²) in [4.78, 5) is 21.8. The van der Waals surface area contributed by atoms with Crippen LogP contribution in [0.1, 0.15) is 34.3 Å². The van der Waals surface area contributed by atoms with Crippen LogP contribution < -0.4 is 5.32 Å². The molecule has 0 unspecified atom stereocenters. The summed E-state index contributed by atoms with van der Waals surface area (Å²) in [6.07, 6.45) is 11.2. The molecule has 4 aromatic rings. The lowest BCUT2D eigenvalue weighted by Crippen LogP contribution is -2.39. The number of fused-ring (bicyclic) bond motifs is 1. The molecule has 0 atom stereocenters. The minimum absolute atomic E-state index is 0.122. The molecule has 1 saturated heterocycles. The van der Waals surface area contributed by atoms with Gasteiger partial charge in [-0.3, -0.25) is 14.5 Å². The van der Waals surface area contributed by atoms with Crippen molar-refractivity contribution < 1.29 is 9.53 Å². The molecule has 1 amide bonds. The second-order valence-corrected chi connectivity index (χ2v) is 7.78. The second-order valence-electron chi connectivity index (χ2n) is 7.78. The number of carbonyl (C=O) groups excluding carboxylic acids is 1. The van der Waals surface area contributed by atoms with Crippen molar-refractivity contribution >= 4 is 11.6 Å². The zero-order chi connectivity index (χ0) is 21.2. The lowest BCUT2D eigenvalue weighted by atomic mass is 10.0. The fourth-order valence-electron chi connectivity index (χ4n) is 3.84. The van der Waals surface area contributed by atoms with Crippen LogP contribution in [0.25, 0.3) is 16.9 Å². The van der Waals surface area contributed by atoms with Crippen molar-refractivity contribution in [3.63, 3.8) is 0 Å². The van der Waals surface area contributed by atoms with Gasteiger partial charge in [0.25, 0.3) is 5.91 Å². The topological polar surface area (TPSA) is 99.2 Å². The van der Waals surface area contributed by atoms with Crippen LogP contribution in [0.15, 0.2) is 49.3 Å². The highest BCUT2D eigenvalue weighted by atomic mass is 16.5. The van der Waals surface area contributed by atoms with Crippen LogP contribution >= 0.6 is 0 Å². The van der Waals surface area contributed by atoms with E-state index in [0.29, 0.717) is 30.8 Å². The summed E-state index contributed by atoms with van der Waals surface area (Å²) in [5.41, 5.74) is 4.94. The molecule has 5 heterocycles. The van der Waals surface area contributed by atoms with Gasteiger partial charge in [-0.05, 0) is 36.1 Å². The summed E-state index contributed by atoms with van der Waals surface area (Å²) in [5, 5.41) is 11.6. The van der Waals surface area contributed by atoms with Crippen molar-refractivity contribution in [1.29, 1.82) is 0 Å². The van der Waals surface area contributed by atoms with Gasteiger partial charge in [-0.15, -0.1) is 0 Å². The van der Waals surface area contributed by atoms with E-state index in [1.54, 1.807) is 15.4 Å². The van der Waals surface area contributed by atoms with Crippen LogP contribution in [0.4, 0.5) is 0 Å². The highest BCUT2D eigenvalue weighted by Gasteiger charge is 2.20. The minimum Gasteiger partial charge on any atom is -0.381 e. The van der Waals surface area contributed by atoms with E-state index in [1.807, 2.05) is 43.8 Å². The smallest absolute Gasteiger partial charge is 0.255 e. The number of nitrogens with zero attached hydrogens (tertiary/aromatic N) is 6. The molecule has 0 bridgehead atoms. The molecule has 0 saturated carbocycles. The quantitative estimate of drug-likeness (QED) is 0.533. The maximum atomic E-state index is 13.0. The number of aromatic nitrogens is 6. The minimum atomic E-state index is -0.128. The van der Waals surface area contributed by atoms with Gasteiger partial charge in [-0.25, -0.2) is 9.50 Å². The van der Waals surface area contributed by atoms with Gasteiger partial charge in [-0.1, -0.05) is 6.07 Å². The zero-order valence-electron chi connectivity index (χ0n) is 17.2. The van der Waals surface area contributed by atoms with E-state index in [0.717, 1.165) is 35.2 Å². The van der Waals surface area contributed by atoms with Gasteiger partial charge in [0.1, 0.15) is 6.33 Å². The number of ether oxygens (including phenoxy) is 1. The Balaban J connectivity index is 1.38. The third-order valence-electron chi connectivity index (χ3n) is 5.47. The highest BCUT2D eigenvalue weighted by Crippen LogP contribution is 2.19. The number of rotatable bonds is 5. The SMILES string of the molecule is Cn1cc(-c2ccc(Cc3cc(C(=O)NC4CCOCC4)c4ncnn4c3)cn2)cn1. The third kappa shape index (κ3) is 4.17. The number of amides is 1. The van der Waals surface area contributed by atoms with Gasteiger partial charge in [-0.2, -0.15) is 10.2 Å². The van der Waals surface area contributed by atoms with Gasteiger partial charge >= 0.3 is 0 Å². The molecule has 0 aromatic carbocycles. The number of carbonyl (C=O) groups is 1. The van der Waals surface area contributed by atoms with E-state index in [2.05, 4.69) is 25.5 Å². The van der Waals surface area contributed by atoms with E-state index in [1.165, 1.54) is 6.33 Å². The Labute approximate surface area is 179 Å². The second kappa shape index (κ2) is 8.27. The number of pyridine rings is 2. The van der Waals surface area contributed by atoms with E-state index >= 15 is 0 Å². The van der Waals surface area contributed by atoms with Crippen LogP contribution in [0.5, 0.6) is 0 Å². The molecule has 9 heteroatoms. The number of hydrogen-bond donors (Lipinski definition) is 1. The number of nitrogens with one attached hydrogen (secondary N) is 1. The van der Waals surface area contributed by atoms with E-state index < -0.39 is 0 Å². The van der Waals surface area contributed by atoms with E-state index in [4.69, 9.17) is 4.74 Å². The van der Waals surface area contributed by atoms with Crippen molar-refractivity contribution in [2.75, 3.05) is 13.2 Å². The number of aryl methyl sites for hydroxylation is 1. The first kappa shape index (κ1) is 19.4. The number of hydrogen-bond acceptors (Lipinski definition) is 6. The van der Waals surface area contributed by atoms with Crippen LogP contribution in [0.3, 0.4) is 0 Å². The normalized spacial score (nSPS) is 14.7. The largest absolute Gasteiger partial charge is 0.381 e. The molecule has 31 heavy (non-hydrogen) atoms. The molecular weight excluding hydrogens is 394 g/mol. The van der Waals surface area contributed by atoms with Crippen molar-refractivity contribution in [3.8, 4) is 11.3 Å². The van der Waals surface area contributed by atoms with E-state index in [9.17, 15) is 4.79 Å². The molecule has 0 aliphatic carbocycles. The molecule has 1 fully saturated rings. The van der Waals surface area contributed by atoms with E-state index in [-0.39, 0.29) is 11.9 Å². The maximum Gasteiger partial charge on any atom is 0.255 e. The predicted molar refractivity (Wildman–Crippen MR) is 114 cm³/mol. The van der Waals surface area contributed by atoms with Crippen molar-refractivity contribution in [2.24, 2.45) is 7.05 Å². The lowest BCUT2D eigenvalue weighted by Gasteiger charge is -2.23. The molecule has 0 radical (unpaired) electrons. The fourth-order valence-corrected chi connectivity index (χ4v) is 3.84. The Morgan fingerprint density at radius 2 is 2.00 bits per heavy atom. The van der Waals surface area contributed by atoms with Crippen LogP contribution in [-0.4, -0.2) is 54.5 Å². The molecule has 1 N–H and O–H groups in total. The molecular formula is C22H23N7O2. The summed E-state index contributed by atoms with van der Waals surface area (Å²) in [5.74, 6) is -0.128. The Morgan fingerprint density at radius 1 is 1.13 bits per heavy atom. The Hall–Kier alpha value is -3.59. The molecule has 1 aliphatic rings. The van der Waals surface area contributed by atoms with Crippen molar-refractivity contribution in [3.05, 3.63) is 66.0 Å². The maximum absolute atomic E-state index is 13.0. The average Bonchev–Trinajstić information content (AvgIpc) is 3.43. The van der Waals surface area contributed by atoms with Gasteiger partial charge in [0.2, 0.25) is 0 Å². The van der Waals surface area contributed by atoms with Gasteiger partial charge in [0, 0.05) is 56.9 Å². The first-order valence-electron chi connectivity index (χ1n) is 10.3. The van der Waals surface area contributed by atoms with Crippen LogP contribution in [0.2, 0.25) is 0 Å². The average molecular weight is 417 g/mol. The van der Waals surface area contributed by atoms with Crippen molar-refractivity contribution in [2.45, 2.75) is 25.3 Å². The highest BCUT2D eigenvalue weighted by molar-refractivity contribution is 6.00. The molecule has 158 valence electrons. The van der Waals surface area contributed by atoms with Gasteiger partial charge < -0.3 is 10.1 Å². The first-order chi connectivity index (χ1) is 15.2. The molecule has 9 nitrogen and oxygen atoms in total. The Morgan fingerprint density at radius 3 is 2.74 bits per heavy atom. The Kier molecular flexibility index (Phi) is 5.17. The molecule has 4 aromatic heterocycles. The summed E-state index contributed by atoms with van der Waals surface area (Å²) >= 11 is 0.